The standard InChI is InChI=1S/C29H33FN2O/c1-21-6-10-23(11-7-21)28(24-12-8-22(2)9-13-24)29(31,25-14-16-26(30)17-15-25)33-20-27(32-28)18-4-3-5-19-27/h6-17,32H,3-5,18-20,31H2,1-2H3. The van der Waals surface area contributed by atoms with Gasteiger partial charge in [0.15, 0.2) is 5.72 Å². The first-order chi connectivity index (χ1) is 15.9. The van der Waals surface area contributed by atoms with Crippen LogP contribution in [0.3, 0.4) is 0 Å². The van der Waals surface area contributed by atoms with E-state index in [0.717, 1.165) is 29.5 Å². The number of morpholine rings is 1. The van der Waals surface area contributed by atoms with Gasteiger partial charge in [-0.25, -0.2) is 4.39 Å². The molecule has 1 spiro atoms. The summed E-state index contributed by atoms with van der Waals surface area (Å²) in [5, 5.41) is 4.11. The summed E-state index contributed by atoms with van der Waals surface area (Å²) in [4.78, 5) is 0. The number of nitrogens with one attached hydrogen (secondary N) is 1. The molecular formula is C29H33FN2O. The first-order valence-electron chi connectivity index (χ1n) is 12.0. The first kappa shape index (κ1) is 22.3. The maximum Gasteiger partial charge on any atom is 0.169 e. The van der Waals surface area contributed by atoms with Crippen LogP contribution < -0.4 is 11.1 Å². The number of ether oxygens (including phenoxy) is 1. The van der Waals surface area contributed by atoms with Crippen molar-refractivity contribution in [3.8, 4) is 0 Å². The zero-order chi connectivity index (χ0) is 23.1. The van der Waals surface area contributed by atoms with Gasteiger partial charge in [0.05, 0.1) is 6.61 Å². The Hall–Kier alpha value is -2.53. The van der Waals surface area contributed by atoms with Gasteiger partial charge in [0, 0.05) is 11.1 Å². The van der Waals surface area contributed by atoms with Crippen LogP contribution in [0.25, 0.3) is 0 Å². The monoisotopic (exact) mass is 444 g/mol. The molecule has 2 fully saturated rings. The van der Waals surface area contributed by atoms with Gasteiger partial charge in [0.25, 0.3) is 0 Å². The molecule has 1 aliphatic heterocycles. The molecule has 3 aromatic rings. The minimum atomic E-state index is -1.23. The van der Waals surface area contributed by atoms with Gasteiger partial charge < -0.3 is 4.74 Å². The van der Waals surface area contributed by atoms with E-state index in [-0.39, 0.29) is 11.4 Å². The molecule has 4 heteroatoms. The number of hydrogen-bond acceptors (Lipinski definition) is 3. The fraction of sp³-hybridized carbons (Fsp3) is 0.379. The SMILES string of the molecule is Cc1ccc(C2(c3ccc(C)cc3)NC3(CCCCC3)COC2(N)c2ccc(F)cc2)cc1. The quantitative estimate of drug-likeness (QED) is 0.535. The van der Waals surface area contributed by atoms with Crippen LogP contribution in [-0.2, 0) is 16.0 Å². The van der Waals surface area contributed by atoms with E-state index in [9.17, 15) is 4.39 Å². The van der Waals surface area contributed by atoms with Gasteiger partial charge in [-0.05, 0) is 49.9 Å². The molecule has 5 rings (SSSR count). The predicted molar refractivity (Wildman–Crippen MR) is 130 cm³/mol. The van der Waals surface area contributed by atoms with Crippen molar-refractivity contribution in [1.82, 2.24) is 5.32 Å². The molecule has 3 aromatic carbocycles. The van der Waals surface area contributed by atoms with Crippen LogP contribution in [0.5, 0.6) is 0 Å². The average molecular weight is 445 g/mol. The molecule has 3 N–H and O–H groups in total. The van der Waals surface area contributed by atoms with Crippen molar-refractivity contribution >= 4 is 0 Å². The van der Waals surface area contributed by atoms with E-state index >= 15 is 0 Å². The molecule has 33 heavy (non-hydrogen) atoms. The third-order valence-corrected chi connectivity index (χ3v) is 7.64. The Morgan fingerprint density at radius 3 is 1.73 bits per heavy atom. The highest BCUT2D eigenvalue weighted by atomic mass is 19.1. The predicted octanol–water partition coefficient (Wildman–Crippen LogP) is 5.82. The number of halogens is 1. The van der Waals surface area contributed by atoms with Gasteiger partial charge >= 0.3 is 0 Å². The van der Waals surface area contributed by atoms with E-state index in [1.807, 2.05) is 0 Å². The minimum absolute atomic E-state index is 0.156. The number of benzene rings is 3. The van der Waals surface area contributed by atoms with Crippen LogP contribution in [0.15, 0.2) is 72.8 Å². The smallest absolute Gasteiger partial charge is 0.169 e. The largest absolute Gasteiger partial charge is 0.352 e. The van der Waals surface area contributed by atoms with Crippen molar-refractivity contribution in [1.29, 1.82) is 0 Å². The zero-order valence-electron chi connectivity index (χ0n) is 19.5. The van der Waals surface area contributed by atoms with Crippen molar-refractivity contribution in [3.63, 3.8) is 0 Å². The zero-order valence-corrected chi connectivity index (χ0v) is 19.5. The van der Waals surface area contributed by atoms with Gasteiger partial charge in [0.1, 0.15) is 11.4 Å². The van der Waals surface area contributed by atoms with E-state index in [4.69, 9.17) is 10.5 Å². The lowest BCUT2D eigenvalue weighted by Crippen LogP contribution is -2.75. The Balaban J connectivity index is 1.79. The van der Waals surface area contributed by atoms with Crippen LogP contribution in [-0.4, -0.2) is 12.1 Å². The summed E-state index contributed by atoms with van der Waals surface area (Å²) in [6.07, 6.45) is 5.68. The van der Waals surface area contributed by atoms with E-state index in [0.29, 0.717) is 6.61 Å². The normalized spacial score (nSPS) is 24.0. The van der Waals surface area contributed by atoms with E-state index in [1.165, 1.54) is 42.5 Å². The Labute approximate surface area is 196 Å². The van der Waals surface area contributed by atoms with Crippen LogP contribution in [0.2, 0.25) is 0 Å². The van der Waals surface area contributed by atoms with Crippen molar-refractivity contribution in [2.45, 2.75) is 62.8 Å². The summed E-state index contributed by atoms with van der Waals surface area (Å²) in [7, 11) is 0. The van der Waals surface area contributed by atoms with Gasteiger partial charge in [-0.3, -0.25) is 11.1 Å². The minimum Gasteiger partial charge on any atom is -0.352 e. The maximum absolute atomic E-state index is 13.9. The first-order valence-corrected chi connectivity index (χ1v) is 12.0. The van der Waals surface area contributed by atoms with E-state index in [2.05, 4.69) is 67.7 Å². The summed E-state index contributed by atoms with van der Waals surface area (Å²) >= 11 is 0. The summed E-state index contributed by atoms with van der Waals surface area (Å²) < 4.78 is 20.7. The van der Waals surface area contributed by atoms with Gasteiger partial charge in [-0.2, -0.15) is 0 Å². The molecule has 1 unspecified atom stereocenters. The maximum atomic E-state index is 13.9. The molecule has 1 saturated heterocycles. The molecule has 1 aliphatic carbocycles. The molecule has 1 atom stereocenters. The molecular weight excluding hydrogens is 411 g/mol. The van der Waals surface area contributed by atoms with E-state index < -0.39 is 11.3 Å². The second-order valence-electron chi connectivity index (χ2n) is 9.98. The lowest BCUT2D eigenvalue weighted by Gasteiger charge is -2.59. The Morgan fingerprint density at radius 2 is 1.21 bits per heavy atom. The number of aryl methyl sites for hydroxylation is 2. The van der Waals surface area contributed by atoms with Crippen molar-refractivity contribution in [2.75, 3.05) is 6.61 Å². The van der Waals surface area contributed by atoms with E-state index in [1.54, 1.807) is 12.1 Å². The summed E-state index contributed by atoms with van der Waals surface area (Å²) in [6.45, 7) is 4.71. The van der Waals surface area contributed by atoms with Gasteiger partial charge in [-0.15, -0.1) is 0 Å². The Morgan fingerprint density at radius 1 is 0.727 bits per heavy atom. The van der Waals surface area contributed by atoms with Crippen molar-refractivity contribution < 1.29 is 9.13 Å². The molecule has 0 aromatic heterocycles. The number of hydrogen-bond donors (Lipinski definition) is 2. The second kappa shape index (κ2) is 8.35. The topological polar surface area (TPSA) is 47.3 Å². The van der Waals surface area contributed by atoms with Crippen LogP contribution in [0, 0.1) is 19.7 Å². The van der Waals surface area contributed by atoms with Crippen LogP contribution >= 0.6 is 0 Å². The van der Waals surface area contributed by atoms with Crippen molar-refractivity contribution in [3.05, 3.63) is 106 Å². The summed E-state index contributed by atoms with van der Waals surface area (Å²) in [5.74, 6) is -0.286. The highest BCUT2D eigenvalue weighted by molar-refractivity contribution is 5.48. The Bertz CT molecular complexity index is 1060. The molecule has 172 valence electrons. The summed E-state index contributed by atoms with van der Waals surface area (Å²) in [6, 6.07) is 23.6. The fourth-order valence-electron chi connectivity index (χ4n) is 5.73. The lowest BCUT2D eigenvalue weighted by molar-refractivity contribution is -0.179. The average Bonchev–Trinajstić information content (AvgIpc) is 2.83. The van der Waals surface area contributed by atoms with Gasteiger partial charge in [-0.1, -0.05) is 91.1 Å². The number of nitrogens with two attached hydrogens (primary N) is 1. The highest BCUT2D eigenvalue weighted by Crippen LogP contribution is 2.51. The molecule has 0 amide bonds. The third-order valence-electron chi connectivity index (χ3n) is 7.64. The lowest BCUT2D eigenvalue weighted by atomic mass is 9.66. The highest BCUT2D eigenvalue weighted by Gasteiger charge is 2.60. The molecule has 2 aliphatic rings. The second-order valence-corrected chi connectivity index (χ2v) is 9.98. The third kappa shape index (κ3) is 3.71. The van der Waals surface area contributed by atoms with Gasteiger partial charge in [0.2, 0.25) is 0 Å². The fourth-order valence-corrected chi connectivity index (χ4v) is 5.73. The molecule has 0 radical (unpaired) electrons. The molecule has 1 heterocycles. The molecule has 3 nitrogen and oxygen atoms in total. The Kier molecular flexibility index (Phi) is 5.64. The number of rotatable bonds is 3. The van der Waals surface area contributed by atoms with Crippen LogP contribution in [0.4, 0.5) is 4.39 Å². The van der Waals surface area contributed by atoms with Crippen LogP contribution in [0.1, 0.15) is 59.9 Å². The molecule has 1 saturated carbocycles. The molecule has 0 bridgehead atoms. The summed E-state index contributed by atoms with van der Waals surface area (Å²) in [5.41, 5.74) is 10.3. The van der Waals surface area contributed by atoms with Crippen molar-refractivity contribution in [2.24, 2.45) is 5.73 Å².